The number of nitrogens with zero attached hydrogens (tertiary/aromatic N) is 2. The summed E-state index contributed by atoms with van der Waals surface area (Å²) in [6, 6.07) is -1.96. The Morgan fingerprint density at radius 1 is 1.15 bits per heavy atom. The van der Waals surface area contributed by atoms with Gasteiger partial charge in [0.2, 0.25) is 5.91 Å². The van der Waals surface area contributed by atoms with Gasteiger partial charge in [0.25, 0.3) is 5.91 Å². The molecule has 1 aromatic heterocycles. The van der Waals surface area contributed by atoms with Crippen LogP contribution >= 0.6 is 11.3 Å². The average molecular weight is 477 g/mol. The van der Waals surface area contributed by atoms with Crippen molar-refractivity contribution in [2.45, 2.75) is 82.7 Å². The van der Waals surface area contributed by atoms with Gasteiger partial charge in [-0.1, -0.05) is 57.8 Å². The number of rotatable bonds is 8. The van der Waals surface area contributed by atoms with Crippen LogP contribution in [0.25, 0.3) is 0 Å². The number of urea groups is 1. The molecule has 3 fully saturated rings. The Labute approximate surface area is 197 Å². The van der Waals surface area contributed by atoms with E-state index in [-0.39, 0.29) is 16.7 Å². The lowest BCUT2D eigenvalue weighted by Gasteiger charge is -2.27. The first kappa shape index (κ1) is 23.7. The fraction of sp³-hybridized carbons (Fsp3) is 0.696. The van der Waals surface area contributed by atoms with Gasteiger partial charge in [-0.3, -0.25) is 9.59 Å². The summed E-state index contributed by atoms with van der Waals surface area (Å²) in [4.78, 5) is 56.4. The van der Waals surface area contributed by atoms with E-state index in [0.29, 0.717) is 24.7 Å². The summed E-state index contributed by atoms with van der Waals surface area (Å²) < 4.78 is 4.66. The van der Waals surface area contributed by atoms with Gasteiger partial charge in [0.1, 0.15) is 12.1 Å². The van der Waals surface area contributed by atoms with Crippen LogP contribution in [0.15, 0.2) is 5.38 Å². The zero-order chi connectivity index (χ0) is 23.4. The second-order valence-corrected chi connectivity index (χ2v) is 10.2. The highest BCUT2D eigenvalue weighted by atomic mass is 32.1. The molecule has 0 bridgehead atoms. The minimum absolute atomic E-state index is 0.104. The number of carbonyl (C=O) groups is 4. The second-order valence-electron chi connectivity index (χ2n) is 9.37. The smallest absolute Gasteiger partial charge is 0.357 e. The molecular formula is C23H32N4O5S. The molecule has 4 rings (SSSR count). The normalized spacial score (nSPS) is 22.9. The zero-order valence-corrected chi connectivity index (χ0v) is 19.8. The predicted octanol–water partition coefficient (Wildman–Crippen LogP) is 3.71. The van der Waals surface area contributed by atoms with Crippen molar-refractivity contribution in [1.82, 2.24) is 15.2 Å². The number of anilines is 1. The number of hydrogen-bond donors (Lipinski definition) is 2. The highest BCUT2D eigenvalue weighted by Crippen LogP contribution is 2.33. The molecule has 2 saturated carbocycles. The number of ether oxygens (including phenoxy) is 1. The lowest BCUT2D eigenvalue weighted by Crippen LogP contribution is -2.48. The summed E-state index contributed by atoms with van der Waals surface area (Å²) >= 11 is 1.10. The van der Waals surface area contributed by atoms with Gasteiger partial charge in [-0.25, -0.2) is 19.5 Å². The third-order valence-electron chi connectivity index (χ3n) is 7.12. The van der Waals surface area contributed by atoms with Gasteiger partial charge in [0.15, 0.2) is 10.8 Å². The molecule has 3 aliphatic rings. The van der Waals surface area contributed by atoms with Crippen LogP contribution in [-0.4, -0.2) is 52.9 Å². The molecule has 1 saturated heterocycles. The summed E-state index contributed by atoms with van der Waals surface area (Å²) in [5.41, 5.74) is 0.104. The minimum Gasteiger partial charge on any atom is -0.464 e. The van der Waals surface area contributed by atoms with Crippen LogP contribution < -0.4 is 10.6 Å². The zero-order valence-electron chi connectivity index (χ0n) is 19.0. The summed E-state index contributed by atoms with van der Waals surface area (Å²) in [6.07, 6.45) is 11.0. The minimum atomic E-state index is -0.901. The van der Waals surface area contributed by atoms with Gasteiger partial charge in [-0.2, -0.15) is 0 Å². The van der Waals surface area contributed by atoms with Crippen molar-refractivity contribution in [1.29, 1.82) is 0 Å². The van der Waals surface area contributed by atoms with Crippen molar-refractivity contribution in [3.8, 4) is 0 Å². The molecule has 180 valence electrons. The lowest BCUT2D eigenvalue weighted by molar-refractivity contribution is -0.134. The maximum absolute atomic E-state index is 13.3. The first-order valence-electron chi connectivity index (χ1n) is 11.9. The fourth-order valence-corrected chi connectivity index (χ4v) is 6.05. The van der Waals surface area contributed by atoms with Crippen molar-refractivity contribution in [2.24, 2.45) is 11.8 Å². The number of methoxy groups -OCH3 is 1. The number of thiazole rings is 1. The number of carbonyl (C=O) groups excluding carboxylic acids is 4. The molecule has 10 heteroatoms. The van der Waals surface area contributed by atoms with E-state index in [9.17, 15) is 19.2 Å². The van der Waals surface area contributed by atoms with Crippen LogP contribution in [0, 0.1) is 11.8 Å². The number of imide groups is 1. The fourth-order valence-electron chi connectivity index (χ4n) is 5.37. The molecule has 2 atom stereocenters. The molecule has 1 aromatic rings. The van der Waals surface area contributed by atoms with Crippen molar-refractivity contribution in [2.75, 3.05) is 12.4 Å². The van der Waals surface area contributed by atoms with Gasteiger partial charge >= 0.3 is 12.0 Å². The average Bonchev–Trinajstić information content (AvgIpc) is 3.55. The van der Waals surface area contributed by atoms with E-state index in [1.54, 1.807) is 0 Å². The largest absolute Gasteiger partial charge is 0.464 e. The van der Waals surface area contributed by atoms with E-state index in [1.807, 2.05) is 0 Å². The molecule has 33 heavy (non-hydrogen) atoms. The third kappa shape index (κ3) is 5.54. The monoisotopic (exact) mass is 476 g/mol. The Hall–Kier alpha value is -2.49. The quantitative estimate of drug-likeness (QED) is 0.436. The van der Waals surface area contributed by atoms with E-state index in [1.165, 1.54) is 18.9 Å². The Morgan fingerprint density at radius 2 is 1.82 bits per heavy atom. The molecule has 2 aliphatic carbocycles. The van der Waals surface area contributed by atoms with Crippen molar-refractivity contribution < 1.29 is 23.9 Å². The molecule has 0 radical (unpaired) electrons. The molecule has 2 heterocycles. The molecule has 0 spiro atoms. The number of nitrogens with one attached hydrogen (secondary N) is 2. The van der Waals surface area contributed by atoms with E-state index in [0.717, 1.165) is 67.6 Å². The summed E-state index contributed by atoms with van der Waals surface area (Å²) in [5.74, 6) is -0.621. The highest BCUT2D eigenvalue weighted by Gasteiger charge is 2.46. The molecule has 4 amide bonds. The molecule has 0 unspecified atom stereocenters. The third-order valence-corrected chi connectivity index (χ3v) is 7.88. The van der Waals surface area contributed by atoms with Crippen LogP contribution in [-0.2, 0) is 14.3 Å². The molecular weight excluding hydrogens is 444 g/mol. The summed E-state index contributed by atoms with van der Waals surface area (Å²) in [5, 5.41) is 7.29. The number of aromatic nitrogens is 1. The summed E-state index contributed by atoms with van der Waals surface area (Å²) in [6.45, 7) is 0. The van der Waals surface area contributed by atoms with Crippen molar-refractivity contribution >= 4 is 40.3 Å². The lowest BCUT2D eigenvalue weighted by atomic mass is 9.85. The molecule has 9 nitrogen and oxygen atoms in total. The first-order chi connectivity index (χ1) is 16.0. The predicted molar refractivity (Wildman–Crippen MR) is 123 cm³/mol. The molecule has 1 aliphatic heterocycles. The van der Waals surface area contributed by atoms with Gasteiger partial charge < -0.3 is 15.4 Å². The van der Waals surface area contributed by atoms with Gasteiger partial charge in [-0.15, -0.1) is 11.3 Å². The molecule has 2 N–H and O–H groups in total. The number of amides is 4. The second kappa shape index (κ2) is 10.6. The first-order valence-corrected chi connectivity index (χ1v) is 12.8. The van der Waals surface area contributed by atoms with Crippen LogP contribution in [0.1, 0.15) is 81.1 Å². The standard InChI is InChI=1S/C23H32N4O5S/c1-32-21(30)17-13-33-22(24-17)26-19(28)18(12-15-9-5-6-10-15)27-20(29)16(25-23(27)31)11-14-7-3-2-4-8-14/h13-16,18H,2-12H2,1H3,(H,25,31)(H,24,26,28)/t16-,18-/m0/s1. The van der Waals surface area contributed by atoms with Gasteiger partial charge in [-0.05, 0) is 24.7 Å². The van der Waals surface area contributed by atoms with Crippen LogP contribution in [0.3, 0.4) is 0 Å². The van der Waals surface area contributed by atoms with E-state index < -0.39 is 30.0 Å². The van der Waals surface area contributed by atoms with E-state index in [4.69, 9.17) is 0 Å². The number of esters is 1. The molecule has 0 aromatic carbocycles. The van der Waals surface area contributed by atoms with Crippen LogP contribution in [0.5, 0.6) is 0 Å². The SMILES string of the molecule is COC(=O)c1csc(NC(=O)[C@H](CC2CCCC2)N2C(=O)N[C@@H](CC3CCCCC3)C2=O)n1. The maximum atomic E-state index is 13.3. The van der Waals surface area contributed by atoms with E-state index >= 15 is 0 Å². The highest BCUT2D eigenvalue weighted by molar-refractivity contribution is 7.14. The Morgan fingerprint density at radius 3 is 2.52 bits per heavy atom. The Bertz CT molecular complexity index is 891. The maximum Gasteiger partial charge on any atom is 0.357 e. The van der Waals surface area contributed by atoms with Gasteiger partial charge in [0, 0.05) is 5.38 Å². The van der Waals surface area contributed by atoms with Gasteiger partial charge in [0.05, 0.1) is 7.11 Å². The topological polar surface area (TPSA) is 118 Å². The van der Waals surface area contributed by atoms with Crippen molar-refractivity contribution in [3.05, 3.63) is 11.1 Å². The van der Waals surface area contributed by atoms with Crippen molar-refractivity contribution in [3.63, 3.8) is 0 Å². The van der Waals surface area contributed by atoms with Crippen LogP contribution in [0.2, 0.25) is 0 Å². The Balaban J connectivity index is 1.48. The van der Waals surface area contributed by atoms with E-state index in [2.05, 4.69) is 20.4 Å². The number of hydrogen-bond acceptors (Lipinski definition) is 7. The van der Waals surface area contributed by atoms with Crippen LogP contribution in [0.4, 0.5) is 9.93 Å². The summed E-state index contributed by atoms with van der Waals surface area (Å²) in [7, 11) is 1.26. The Kier molecular flexibility index (Phi) is 7.62.